The Balaban J connectivity index is 1.44. The quantitative estimate of drug-likeness (QED) is 0.822. The number of carbonyl (C=O) groups is 3. The van der Waals surface area contributed by atoms with Gasteiger partial charge < -0.3 is 15.0 Å². The number of amides is 2. The summed E-state index contributed by atoms with van der Waals surface area (Å²) >= 11 is 1.43. The summed E-state index contributed by atoms with van der Waals surface area (Å²) in [6, 6.07) is 3.93. The molecule has 3 rings (SSSR count). The van der Waals surface area contributed by atoms with Gasteiger partial charge in [-0.3, -0.25) is 14.4 Å². The van der Waals surface area contributed by atoms with E-state index >= 15 is 0 Å². The van der Waals surface area contributed by atoms with Crippen LogP contribution in [-0.2, 0) is 14.3 Å². The van der Waals surface area contributed by atoms with E-state index in [0.717, 1.165) is 17.7 Å². The van der Waals surface area contributed by atoms with Crippen LogP contribution in [-0.4, -0.2) is 47.9 Å². The number of thiophene rings is 1. The first-order valence-electron chi connectivity index (χ1n) is 8.38. The molecule has 0 unspecified atom stereocenters. The minimum absolute atomic E-state index is 0.0222. The van der Waals surface area contributed by atoms with Crippen molar-refractivity contribution in [1.29, 1.82) is 0 Å². The zero-order valence-corrected chi connectivity index (χ0v) is 14.5. The number of likely N-dealkylation sites (tertiary alicyclic amines) is 1. The Hall–Kier alpha value is -1.89. The Morgan fingerprint density at radius 3 is 2.54 bits per heavy atom. The van der Waals surface area contributed by atoms with Gasteiger partial charge in [0.1, 0.15) is 0 Å². The molecule has 1 atom stereocenters. The van der Waals surface area contributed by atoms with Crippen LogP contribution in [0.2, 0.25) is 0 Å². The number of esters is 1. The molecule has 2 amide bonds. The molecule has 1 aromatic rings. The first-order valence-corrected chi connectivity index (χ1v) is 9.26. The Kier molecular flexibility index (Phi) is 5.18. The van der Waals surface area contributed by atoms with Gasteiger partial charge in [-0.15, -0.1) is 11.3 Å². The third kappa shape index (κ3) is 4.14. The Labute approximate surface area is 145 Å². The second-order valence-corrected chi connectivity index (χ2v) is 7.35. The van der Waals surface area contributed by atoms with Crippen LogP contribution in [0.4, 0.5) is 0 Å². The lowest BCUT2D eigenvalue weighted by Gasteiger charge is -2.31. The molecule has 1 aromatic heterocycles. The summed E-state index contributed by atoms with van der Waals surface area (Å²) in [5.41, 5.74) is 0. The summed E-state index contributed by atoms with van der Waals surface area (Å²) in [6.45, 7) is 2.68. The number of piperidine rings is 1. The Bertz CT molecular complexity index is 604. The normalized spacial score (nSPS) is 19.6. The second kappa shape index (κ2) is 7.34. The summed E-state index contributed by atoms with van der Waals surface area (Å²) in [6.07, 6.45) is 2.40. The van der Waals surface area contributed by atoms with E-state index in [4.69, 9.17) is 4.74 Å². The van der Waals surface area contributed by atoms with E-state index in [2.05, 4.69) is 5.32 Å². The number of hydrogen-bond donors (Lipinski definition) is 1. The number of rotatable bonds is 5. The summed E-state index contributed by atoms with van der Waals surface area (Å²) in [5, 5.41) is 4.71. The van der Waals surface area contributed by atoms with Crippen molar-refractivity contribution in [1.82, 2.24) is 10.2 Å². The first-order chi connectivity index (χ1) is 11.5. The van der Waals surface area contributed by atoms with Gasteiger partial charge in [-0.1, -0.05) is 6.07 Å². The van der Waals surface area contributed by atoms with Crippen LogP contribution < -0.4 is 5.32 Å². The predicted molar refractivity (Wildman–Crippen MR) is 89.7 cm³/mol. The number of carbonyl (C=O) groups excluding carboxylic acids is 3. The van der Waals surface area contributed by atoms with Gasteiger partial charge in [0.25, 0.3) is 11.8 Å². The maximum atomic E-state index is 12.3. The maximum Gasteiger partial charge on any atom is 0.309 e. The lowest BCUT2D eigenvalue weighted by molar-refractivity contribution is -0.160. The molecular formula is C17H22N2O4S. The monoisotopic (exact) mass is 350 g/mol. The van der Waals surface area contributed by atoms with Crippen LogP contribution >= 0.6 is 11.3 Å². The van der Waals surface area contributed by atoms with Gasteiger partial charge in [0.2, 0.25) is 0 Å². The molecule has 6 nitrogen and oxygen atoms in total. The van der Waals surface area contributed by atoms with Gasteiger partial charge in [-0.2, -0.15) is 0 Å². The topological polar surface area (TPSA) is 75.7 Å². The molecule has 1 aliphatic heterocycles. The molecule has 1 N–H and O–H groups in total. The third-order valence-electron chi connectivity index (χ3n) is 4.43. The zero-order valence-electron chi connectivity index (χ0n) is 13.7. The second-order valence-electron chi connectivity index (χ2n) is 6.41. The minimum Gasteiger partial charge on any atom is -0.452 e. The number of nitrogens with zero attached hydrogens (tertiary/aromatic N) is 1. The van der Waals surface area contributed by atoms with E-state index in [0.29, 0.717) is 25.9 Å². The molecule has 1 saturated carbocycles. The number of ether oxygens (including phenoxy) is 1. The summed E-state index contributed by atoms with van der Waals surface area (Å²) in [4.78, 5) is 38.8. The lowest BCUT2D eigenvalue weighted by atomic mass is 9.97. The van der Waals surface area contributed by atoms with E-state index < -0.39 is 6.10 Å². The van der Waals surface area contributed by atoms with Crippen LogP contribution in [0.15, 0.2) is 17.5 Å². The molecule has 2 aliphatic rings. The van der Waals surface area contributed by atoms with Crippen molar-refractivity contribution < 1.29 is 19.1 Å². The molecule has 2 fully saturated rings. The highest BCUT2D eigenvalue weighted by atomic mass is 32.1. The summed E-state index contributed by atoms with van der Waals surface area (Å²) in [7, 11) is 0. The van der Waals surface area contributed by atoms with E-state index in [9.17, 15) is 14.4 Å². The fraction of sp³-hybridized carbons (Fsp3) is 0.588. The van der Waals surface area contributed by atoms with Crippen LogP contribution in [0.25, 0.3) is 0 Å². The summed E-state index contributed by atoms with van der Waals surface area (Å²) < 4.78 is 5.30. The minimum atomic E-state index is -0.760. The average molecular weight is 350 g/mol. The van der Waals surface area contributed by atoms with Crippen molar-refractivity contribution in [2.75, 3.05) is 13.1 Å². The van der Waals surface area contributed by atoms with Crippen LogP contribution in [0, 0.1) is 5.92 Å². The fourth-order valence-corrected chi connectivity index (χ4v) is 3.44. The Morgan fingerprint density at radius 2 is 1.96 bits per heavy atom. The molecule has 1 aliphatic carbocycles. The molecule has 0 radical (unpaired) electrons. The molecule has 24 heavy (non-hydrogen) atoms. The highest BCUT2D eigenvalue weighted by molar-refractivity contribution is 7.12. The van der Waals surface area contributed by atoms with Gasteiger partial charge in [-0.25, -0.2) is 0 Å². The van der Waals surface area contributed by atoms with Crippen LogP contribution in [0.3, 0.4) is 0 Å². The Morgan fingerprint density at radius 1 is 1.25 bits per heavy atom. The van der Waals surface area contributed by atoms with Crippen molar-refractivity contribution in [2.45, 2.75) is 44.8 Å². The standard InChI is InChI=1S/C17H22N2O4S/c1-11(15(20)18-13-4-5-13)23-17(22)12-6-8-19(9-7-12)16(21)14-3-2-10-24-14/h2-3,10-13H,4-9H2,1H3,(H,18,20)/t11-/m0/s1. The average Bonchev–Trinajstić information content (AvgIpc) is 3.23. The van der Waals surface area contributed by atoms with Crippen molar-refractivity contribution in [3.8, 4) is 0 Å². The fourth-order valence-electron chi connectivity index (χ4n) is 2.74. The van der Waals surface area contributed by atoms with Crippen molar-refractivity contribution in [2.24, 2.45) is 5.92 Å². The molecule has 0 spiro atoms. The van der Waals surface area contributed by atoms with E-state index in [1.165, 1.54) is 11.3 Å². The van der Waals surface area contributed by atoms with Gasteiger partial charge in [0.15, 0.2) is 6.10 Å². The van der Waals surface area contributed by atoms with Crippen molar-refractivity contribution in [3.05, 3.63) is 22.4 Å². The molecule has 130 valence electrons. The molecule has 7 heteroatoms. The van der Waals surface area contributed by atoms with E-state index in [-0.39, 0.29) is 29.7 Å². The van der Waals surface area contributed by atoms with E-state index in [1.54, 1.807) is 11.8 Å². The highest BCUT2D eigenvalue weighted by Gasteiger charge is 2.32. The first kappa shape index (κ1) is 17.0. The summed E-state index contributed by atoms with van der Waals surface area (Å²) in [5.74, 6) is -0.782. The van der Waals surface area contributed by atoms with Gasteiger partial charge in [0.05, 0.1) is 10.8 Å². The van der Waals surface area contributed by atoms with Crippen LogP contribution in [0.1, 0.15) is 42.3 Å². The van der Waals surface area contributed by atoms with Crippen molar-refractivity contribution >= 4 is 29.1 Å². The van der Waals surface area contributed by atoms with Crippen LogP contribution in [0.5, 0.6) is 0 Å². The zero-order chi connectivity index (χ0) is 17.1. The highest BCUT2D eigenvalue weighted by Crippen LogP contribution is 2.23. The third-order valence-corrected chi connectivity index (χ3v) is 5.29. The molecule has 1 saturated heterocycles. The largest absolute Gasteiger partial charge is 0.452 e. The molecular weight excluding hydrogens is 328 g/mol. The van der Waals surface area contributed by atoms with Crippen molar-refractivity contribution in [3.63, 3.8) is 0 Å². The van der Waals surface area contributed by atoms with Gasteiger partial charge in [0, 0.05) is 19.1 Å². The smallest absolute Gasteiger partial charge is 0.309 e. The van der Waals surface area contributed by atoms with Gasteiger partial charge in [-0.05, 0) is 44.1 Å². The number of nitrogens with one attached hydrogen (secondary N) is 1. The maximum absolute atomic E-state index is 12.3. The molecule has 2 heterocycles. The predicted octanol–water partition coefficient (Wildman–Crippen LogP) is 1.81. The SMILES string of the molecule is C[C@H](OC(=O)C1CCN(C(=O)c2cccs2)CC1)C(=O)NC1CC1. The lowest BCUT2D eigenvalue weighted by Crippen LogP contribution is -2.42. The van der Waals surface area contributed by atoms with E-state index in [1.807, 2.05) is 17.5 Å². The molecule has 0 bridgehead atoms. The van der Waals surface area contributed by atoms with Gasteiger partial charge >= 0.3 is 5.97 Å². The molecule has 0 aromatic carbocycles. The number of hydrogen-bond acceptors (Lipinski definition) is 5.